The Labute approximate surface area is 211 Å². The summed E-state index contributed by atoms with van der Waals surface area (Å²) in [5.74, 6) is 1.16. The Hall–Kier alpha value is -3.51. The van der Waals surface area contributed by atoms with Crippen LogP contribution in [0.5, 0.6) is 17.2 Å². The number of esters is 1. The van der Waals surface area contributed by atoms with E-state index in [1.54, 1.807) is 48.5 Å². The van der Waals surface area contributed by atoms with E-state index < -0.39 is 0 Å². The molecule has 0 saturated carbocycles. The molecule has 0 bridgehead atoms. The Morgan fingerprint density at radius 2 is 1.63 bits per heavy atom. The van der Waals surface area contributed by atoms with E-state index >= 15 is 0 Å². The molecule has 0 radical (unpaired) electrons. The molecule has 7 heteroatoms. The first kappa shape index (κ1) is 26.1. The van der Waals surface area contributed by atoms with E-state index in [0.29, 0.717) is 53.2 Å². The Balaban J connectivity index is 1.51. The summed E-state index contributed by atoms with van der Waals surface area (Å²) in [5, 5.41) is 3.39. The fraction of sp³-hybridized carbons (Fsp3) is 0.286. The minimum absolute atomic E-state index is 0.209. The van der Waals surface area contributed by atoms with Crippen molar-refractivity contribution >= 4 is 29.2 Å². The van der Waals surface area contributed by atoms with Crippen LogP contribution < -0.4 is 19.5 Å². The van der Waals surface area contributed by atoms with Crippen molar-refractivity contribution in [3.05, 3.63) is 82.9 Å². The summed E-state index contributed by atoms with van der Waals surface area (Å²) in [7, 11) is 0. The Morgan fingerprint density at radius 3 is 2.31 bits per heavy atom. The monoisotopic (exact) mass is 495 g/mol. The molecule has 0 fully saturated rings. The molecule has 0 aromatic heterocycles. The van der Waals surface area contributed by atoms with E-state index in [4.69, 9.17) is 25.8 Å². The maximum Gasteiger partial charge on any atom is 0.311 e. The number of anilines is 1. The summed E-state index contributed by atoms with van der Waals surface area (Å²) in [6.07, 6.45) is 2.76. The highest BCUT2D eigenvalue weighted by molar-refractivity contribution is 6.30. The molecule has 6 nitrogen and oxygen atoms in total. The first-order valence-electron chi connectivity index (χ1n) is 11.7. The molecule has 0 aliphatic rings. The lowest BCUT2D eigenvalue weighted by Crippen LogP contribution is -2.12. The molecule has 1 N–H and O–H groups in total. The molecule has 3 aromatic rings. The molecular weight excluding hydrogens is 466 g/mol. The second kappa shape index (κ2) is 13.4. The van der Waals surface area contributed by atoms with Gasteiger partial charge in [0, 0.05) is 22.7 Å². The molecule has 3 rings (SSSR count). The minimum atomic E-state index is -0.357. The van der Waals surface area contributed by atoms with Crippen LogP contribution in [0.25, 0.3) is 0 Å². The molecule has 0 aliphatic carbocycles. The van der Waals surface area contributed by atoms with Crippen LogP contribution in [0.3, 0.4) is 0 Å². The van der Waals surface area contributed by atoms with E-state index in [1.807, 2.05) is 25.1 Å². The normalized spacial score (nSPS) is 10.5. The van der Waals surface area contributed by atoms with Crippen molar-refractivity contribution in [1.82, 2.24) is 0 Å². The fourth-order valence-corrected chi connectivity index (χ4v) is 3.39. The Kier molecular flexibility index (Phi) is 9.99. The molecule has 0 unspecified atom stereocenters. The lowest BCUT2D eigenvalue weighted by atomic mass is 10.1. The first-order valence-corrected chi connectivity index (χ1v) is 12.1. The van der Waals surface area contributed by atoms with Crippen molar-refractivity contribution in [2.75, 3.05) is 18.5 Å². The SMILES string of the molecule is CCCCOc1ccc(CCC(=O)Oc2ccc(C(=O)Nc3ccc(Cl)cc3)cc2)cc1OCC. The molecule has 184 valence electrons. The highest BCUT2D eigenvalue weighted by Crippen LogP contribution is 2.29. The van der Waals surface area contributed by atoms with Crippen LogP contribution in [0.2, 0.25) is 5.02 Å². The van der Waals surface area contributed by atoms with Gasteiger partial charge < -0.3 is 19.5 Å². The van der Waals surface area contributed by atoms with Gasteiger partial charge in [0.2, 0.25) is 0 Å². The average molecular weight is 496 g/mol. The van der Waals surface area contributed by atoms with Gasteiger partial charge in [-0.3, -0.25) is 9.59 Å². The molecule has 3 aromatic carbocycles. The highest BCUT2D eigenvalue weighted by atomic mass is 35.5. The van der Waals surface area contributed by atoms with E-state index in [2.05, 4.69) is 12.2 Å². The van der Waals surface area contributed by atoms with Gasteiger partial charge in [-0.05, 0) is 86.0 Å². The van der Waals surface area contributed by atoms with Crippen LogP contribution in [-0.2, 0) is 11.2 Å². The van der Waals surface area contributed by atoms with Crippen molar-refractivity contribution in [2.24, 2.45) is 0 Å². The van der Waals surface area contributed by atoms with Crippen molar-refractivity contribution < 1.29 is 23.8 Å². The zero-order chi connectivity index (χ0) is 25.0. The second-order valence-electron chi connectivity index (χ2n) is 7.88. The smallest absolute Gasteiger partial charge is 0.311 e. The van der Waals surface area contributed by atoms with Gasteiger partial charge in [0.05, 0.1) is 13.2 Å². The number of halogens is 1. The van der Waals surface area contributed by atoms with Crippen LogP contribution in [-0.4, -0.2) is 25.1 Å². The van der Waals surface area contributed by atoms with E-state index in [-0.39, 0.29) is 18.3 Å². The lowest BCUT2D eigenvalue weighted by Gasteiger charge is -2.13. The first-order chi connectivity index (χ1) is 17.0. The summed E-state index contributed by atoms with van der Waals surface area (Å²) in [4.78, 5) is 24.7. The van der Waals surface area contributed by atoms with Gasteiger partial charge in [0.25, 0.3) is 5.91 Å². The number of aryl methyl sites for hydroxylation is 1. The van der Waals surface area contributed by atoms with E-state index in [1.165, 1.54) is 0 Å². The maximum absolute atomic E-state index is 12.4. The molecule has 0 atom stereocenters. The number of carbonyl (C=O) groups excluding carboxylic acids is 2. The van der Waals surface area contributed by atoms with E-state index in [0.717, 1.165) is 18.4 Å². The van der Waals surface area contributed by atoms with Crippen LogP contribution in [0.1, 0.15) is 49.0 Å². The number of benzene rings is 3. The topological polar surface area (TPSA) is 73.9 Å². The van der Waals surface area contributed by atoms with Gasteiger partial charge >= 0.3 is 5.97 Å². The van der Waals surface area contributed by atoms with Crippen LogP contribution in [0.15, 0.2) is 66.7 Å². The maximum atomic E-state index is 12.4. The highest BCUT2D eigenvalue weighted by Gasteiger charge is 2.11. The van der Waals surface area contributed by atoms with Crippen molar-refractivity contribution in [3.63, 3.8) is 0 Å². The van der Waals surface area contributed by atoms with Gasteiger partial charge in [-0.25, -0.2) is 0 Å². The second-order valence-corrected chi connectivity index (χ2v) is 8.31. The number of amides is 1. The number of hydrogen-bond acceptors (Lipinski definition) is 5. The van der Waals surface area contributed by atoms with Gasteiger partial charge in [-0.15, -0.1) is 0 Å². The summed E-state index contributed by atoms with van der Waals surface area (Å²) < 4.78 is 16.9. The van der Waals surface area contributed by atoms with Gasteiger partial charge in [0.1, 0.15) is 5.75 Å². The van der Waals surface area contributed by atoms with Crippen LogP contribution in [0.4, 0.5) is 5.69 Å². The minimum Gasteiger partial charge on any atom is -0.490 e. The number of hydrogen-bond donors (Lipinski definition) is 1. The lowest BCUT2D eigenvalue weighted by molar-refractivity contribution is -0.134. The number of ether oxygens (including phenoxy) is 3. The van der Waals surface area contributed by atoms with Crippen LogP contribution >= 0.6 is 11.6 Å². The van der Waals surface area contributed by atoms with E-state index in [9.17, 15) is 9.59 Å². The molecule has 0 heterocycles. The zero-order valence-corrected chi connectivity index (χ0v) is 20.8. The summed E-state index contributed by atoms with van der Waals surface area (Å²) in [6.45, 7) is 5.21. The van der Waals surface area contributed by atoms with Gasteiger partial charge in [0.15, 0.2) is 11.5 Å². The molecule has 0 spiro atoms. The Morgan fingerprint density at radius 1 is 0.886 bits per heavy atom. The summed E-state index contributed by atoms with van der Waals surface area (Å²) in [6, 6.07) is 19.0. The molecule has 0 aliphatic heterocycles. The third-order valence-corrected chi connectivity index (χ3v) is 5.38. The number of carbonyl (C=O) groups is 2. The fourth-order valence-electron chi connectivity index (χ4n) is 3.26. The predicted octanol–water partition coefficient (Wildman–Crippen LogP) is 6.71. The summed E-state index contributed by atoms with van der Waals surface area (Å²) >= 11 is 5.86. The third-order valence-electron chi connectivity index (χ3n) is 5.13. The average Bonchev–Trinajstić information content (AvgIpc) is 2.86. The van der Waals surface area contributed by atoms with Crippen LogP contribution in [0, 0.1) is 0 Å². The quantitative estimate of drug-likeness (QED) is 0.172. The number of unbranched alkanes of at least 4 members (excludes halogenated alkanes) is 1. The molecule has 0 saturated heterocycles. The molecule has 35 heavy (non-hydrogen) atoms. The van der Waals surface area contributed by atoms with Gasteiger partial charge in [-0.2, -0.15) is 0 Å². The van der Waals surface area contributed by atoms with Crippen molar-refractivity contribution in [1.29, 1.82) is 0 Å². The zero-order valence-electron chi connectivity index (χ0n) is 20.0. The number of nitrogens with one attached hydrogen (secondary N) is 1. The standard InChI is InChI=1S/C28H30ClNO5/c1-3-5-18-34-25-16-6-20(19-26(25)33-4-2)7-17-27(31)35-24-14-8-21(9-15-24)28(32)30-23-12-10-22(29)11-13-23/h6,8-16,19H,3-5,7,17-18H2,1-2H3,(H,30,32). The summed E-state index contributed by atoms with van der Waals surface area (Å²) in [5.41, 5.74) is 2.05. The van der Waals surface area contributed by atoms with Crippen molar-refractivity contribution in [2.45, 2.75) is 39.5 Å². The largest absolute Gasteiger partial charge is 0.490 e. The number of rotatable bonds is 12. The molecular formula is C28H30ClNO5. The third kappa shape index (κ3) is 8.34. The van der Waals surface area contributed by atoms with Gasteiger partial charge in [-0.1, -0.05) is 31.0 Å². The Bertz CT molecular complexity index is 1110. The predicted molar refractivity (Wildman–Crippen MR) is 138 cm³/mol. The van der Waals surface area contributed by atoms with Crippen molar-refractivity contribution in [3.8, 4) is 17.2 Å². The molecule has 1 amide bonds.